The van der Waals surface area contributed by atoms with E-state index in [9.17, 15) is 19.7 Å². The Kier molecular flexibility index (Phi) is 6.79. The number of rotatable bonds is 7. The van der Waals surface area contributed by atoms with Gasteiger partial charge in [-0.05, 0) is 38.9 Å². The molecular weight excluding hydrogens is 386 g/mol. The Morgan fingerprint density at radius 2 is 1.83 bits per heavy atom. The first-order chi connectivity index (χ1) is 14.4. The van der Waals surface area contributed by atoms with Gasteiger partial charge in [-0.3, -0.25) is 24.6 Å². The lowest BCUT2D eigenvalue weighted by molar-refractivity contribution is -0.384. The summed E-state index contributed by atoms with van der Waals surface area (Å²) in [5.74, 6) is 0.180. The molecule has 0 spiro atoms. The average Bonchev–Trinajstić information content (AvgIpc) is 2.78. The standard InChI is InChI=1S/C22H25N3O5/c1-15(22(27)23-19-14-18(25(28)29)8-9-20(19)30-2)24-12-10-17(11-13-24)21(26)16-6-4-3-5-7-16/h3-9,14-15,17H,10-13H2,1-2H3,(H,23,27). The Labute approximate surface area is 175 Å². The zero-order valence-electron chi connectivity index (χ0n) is 17.0. The van der Waals surface area contributed by atoms with E-state index in [1.807, 2.05) is 35.2 Å². The van der Waals surface area contributed by atoms with Crippen LogP contribution in [-0.4, -0.2) is 47.8 Å². The van der Waals surface area contributed by atoms with Gasteiger partial charge in [-0.1, -0.05) is 30.3 Å². The Morgan fingerprint density at radius 3 is 2.43 bits per heavy atom. The Balaban J connectivity index is 1.61. The Morgan fingerprint density at radius 1 is 1.17 bits per heavy atom. The number of hydrogen-bond donors (Lipinski definition) is 1. The molecule has 1 amide bonds. The molecule has 1 unspecified atom stereocenters. The number of nitro benzene ring substituents is 1. The molecule has 1 aliphatic heterocycles. The Hall–Kier alpha value is -3.26. The van der Waals surface area contributed by atoms with Crippen LogP contribution in [0.3, 0.4) is 0 Å². The van der Waals surface area contributed by atoms with Gasteiger partial charge in [0.15, 0.2) is 5.78 Å². The highest BCUT2D eigenvalue weighted by Crippen LogP contribution is 2.29. The predicted octanol–water partition coefficient (Wildman–Crippen LogP) is 3.53. The van der Waals surface area contributed by atoms with Crippen molar-refractivity contribution in [2.75, 3.05) is 25.5 Å². The van der Waals surface area contributed by atoms with Crippen molar-refractivity contribution >= 4 is 23.1 Å². The van der Waals surface area contributed by atoms with Gasteiger partial charge in [0, 0.05) is 23.6 Å². The maximum Gasteiger partial charge on any atom is 0.271 e. The van der Waals surface area contributed by atoms with Crippen molar-refractivity contribution in [3.8, 4) is 5.75 Å². The second kappa shape index (κ2) is 9.49. The molecule has 1 saturated heterocycles. The second-order valence-corrected chi connectivity index (χ2v) is 7.35. The number of ketones is 1. The van der Waals surface area contributed by atoms with E-state index in [0.717, 1.165) is 5.56 Å². The van der Waals surface area contributed by atoms with Crippen LogP contribution >= 0.6 is 0 Å². The van der Waals surface area contributed by atoms with Crippen LogP contribution in [0.2, 0.25) is 0 Å². The molecule has 8 heteroatoms. The molecule has 158 valence electrons. The van der Waals surface area contributed by atoms with Gasteiger partial charge in [-0.25, -0.2) is 0 Å². The zero-order chi connectivity index (χ0) is 21.7. The van der Waals surface area contributed by atoms with Gasteiger partial charge in [0.05, 0.1) is 23.8 Å². The number of nitro groups is 1. The van der Waals surface area contributed by atoms with E-state index < -0.39 is 11.0 Å². The number of carbonyl (C=O) groups excluding carboxylic acids is 2. The molecular formula is C22H25N3O5. The van der Waals surface area contributed by atoms with Gasteiger partial charge in [0.1, 0.15) is 5.75 Å². The first-order valence-electron chi connectivity index (χ1n) is 9.87. The number of nitrogens with zero attached hydrogens (tertiary/aromatic N) is 2. The molecule has 8 nitrogen and oxygen atoms in total. The second-order valence-electron chi connectivity index (χ2n) is 7.35. The number of likely N-dealkylation sites (tertiary alicyclic amines) is 1. The number of ether oxygens (including phenoxy) is 1. The van der Waals surface area contributed by atoms with Crippen molar-refractivity contribution in [3.05, 3.63) is 64.2 Å². The molecule has 2 aromatic carbocycles. The highest BCUT2D eigenvalue weighted by Gasteiger charge is 2.30. The lowest BCUT2D eigenvalue weighted by Crippen LogP contribution is -2.47. The molecule has 3 rings (SSSR count). The predicted molar refractivity (Wildman–Crippen MR) is 113 cm³/mol. The number of amides is 1. The smallest absolute Gasteiger partial charge is 0.271 e. The molecule has 0 bridgehead atoms. The van der Waals surface area contributed by atoms with Gasteiger partial charge in [-0.2, -0.15) is 0 Å². The van der Waals surface area contributed by atoms with Crippen LogP contribution < -0.4 is 10.1 Å². The van der Waals surface area contributed by atoms with E-state index >= 15 is 0 Å². The topological polar surface area (TPSA) is 102 Å². The highest BCUT2D eigenvalue weighted by atomic mass is 16.6. The fourth-order valence-corrected chi connectivity index (χ4v) is 3.70. The number of benzene rings is 2. The zero-order valence-corrected chi connectivity index (χ0v) is 17.0. The molecule has 1 aliphatic rings. The number of piperidine rings is 1. The van der Waals surface area contributed by atoms with Crippen LogP contribution in [0.25, 0.3) is 0 Å². The fourth-order valence-electron chi connectivity index (χ4n) is 3.70. The summed E-state index contributed by atoms with van der Waals surface area (Å²) in [6, 6.07) is 12.9. The van der Waals surface area contributed by atoms with Gasteiger partial charge < -0.3 is 10.1 Å². The first kappa shape index (κ1) is 21.4. The molecule has 0 aliphatic carbocycles. The number of methoxy groups -OCH3 is 1. The normalized spacial score (nSPS) is 15.9. The van der Waals surface area contributed by atoms with E-state index in [0.29, 0.717) is 31.7 Å². The van der Waals surface area contributed by atoms with E-state index in [4.69, 9.17) is 4.74 Å². The van der Waals surface area contributed by atoms with E-state index in [1.54, 1.807) is 6.92 Å². The third-order valence-electron chi connectivity index (χ3n) is 5.54. The third kappa shape index (κ3) is 4.83. The number of anilines is 1. The third-order valence-corrected chi connectivity index (χ3v) is 5.54. The van der Waals surface area contributed by atoms with Crippen molar-refractivity contribution < 1.29 is 19.2 Å². The van der Waals surface area contributed by atoms with Gasteiger partial charge >= 0.3 is 0 Å². The molecule has 0 saturated carbocycles. The molecule has 1 atom stereocenters. The van der Waals surface area contributed by atoms with Crippen LogP contribution in [0, 0.1) is 16.0 Å². The van der Waals surface area contributed by atoms with E-state index in [1.165, 1.54) is 25.3 Å². The molecule has 2 aromatic rings. The van der Waals surface area contributed by atoms with Gasteiger partial charge in [-0.15, -0.1) is 0 Å². The summed E-state index contributed by atoms with van der Waals surface area (Å²) in [5.41, 5.74) is 0.858. The number of hydrogen-bond acceptors (Lipinski definition) is 6. The highest BCUT2D eigenvalue weighted by molar-refractivity contribution is 5.98. The van der Waals surface area contributed by atoms with E-state index in [-0.39, 0.29) is 29.0 Å². The fraction of sp³-hybridized carbons (Fsp3) is 0.364. The van der Waals surface area contributed by atoms with Crippen LogP contribution in [0.1, 0.15) is 30.1 Å². The number of Topliss-reactive ketones (excluding diaryl/α,β-unsaturated/α-hetero) is 1. The lowest BCUT2D eigenvalue weighted by atomic mass is 9.88. The average molecular weight is 411 g/mol. The minimum atomic E-state index is -0.521. The monoisotopic (exact) mass is 411 g/mol. The largest absolute Gasteiger partial charge is 0.495 e. The maximum atomic E-state index is 12.8. The summed E-state index contributed by atoms with van der Waals surface area (Å²) in [6.45, 7) is 3.05. The SMILES string of the molecule is COc1ccc([N+](=O)[O-])cc1NC(=O)C(C)N1CCC(C(=O)c2ccccc2)CC1. The molecule has 1 fully saturated rings. The van der Waals surface area contributed by atoms with Crippen molar-refractivity contribution in [1.82, 2.24) is 4.90 Å². The molecule has 0 radical (unpaired) electrons. The molecule has 1 N–H and O–H groups in total. The van der Waals surface area contributed by atoms with Crippen LogP contribution in [0.15, 0.2) is 48.5 Å². The summed E-state index contributed by atoms with van der Waals surface area (Å²) in [6.07, 6.45) is 1.37. The van der Waals surface area contributed by atoms with Crippen LogP contribution in [0.4, 0.5) is 11.4 Å². The molecule has 0 aromatic heterocycles. The maximum absolute atomic E-state index is 12.8. The van der Waals surface area contributed by atoms with Crippen LogP contribution in [-0.2, 0) is 4.79 Å². The minimum Gasteiger partial charge on any atom is -0.495 e. The van der Waals surface area contributed by atoms with E-state index in [2.05, 4.69) is 5.32 Å². The minimum absolute atomic E-state index is 0.0456. The Bertz CT molecular complexity index is 924. The van der Waals surface area contributed by atoms with Crippen molar-refractivity contribution in [1.29, 1.82) is 0 Å². The van der Waals surface area contributed by atoms with Crippen molar-refractivity contribution in [3.63, 3.8) is 0 Å². The summed E-state index contributed by atoms with van der Waals surface area (Å²) < 4.78 is 5.20. The summed E-state index contributed by atoms with van der Waals surface area (Å²) in [5, 5.41) is 13.8. The molecule has 1 heterocycles. The number of carbonyl (C=O) groups is 2. The summed E-state index contributed by atoms with van der Waals surface area (Å²) >= 11 is 0. The van der Waals surface area contributed by atoms with Gasteiger partial charge in [0.25, 0.3) is 5.69 Å². The van der Waals surface area contributed by atoms with Crippen molar-refractivity contribution in [2.45, 2.75) is 25.8 Å². The summed E-state index contributed by atoms with van der Waals surface area (Å²) in [7, 11) is 1.44. The lowest BCUT2D eigenvalue weighted by Gasteiger charge is -2.34. The molecule has 30 heavy (non-hydrogen) atoms. The van der Waals surface area contributed by atoms with Gasteiger partial charge in [0.2, 0.25) is 5.91 Å². The summed E-state index contributed by atoms with van der Waals surface area (Å²) in [4.78, 5) is 37.9. The quantitative estimate of drug-likeness (QED) is 0.425. The van der Waals surface area contributed by atoms with Crippen molar-refractivity contribution in [2.24, 2.45) is 5.92 Å². The number of non-ortho nitro benzene ring substituents is 1. The first-order valence-corrected chi connectivity index (χ1v) is 9.87. The van der Waals surface area contributed by atoms with Crippen LogP contribution in [0.5, 0.6) is 5.75 Å². The number of nitrogens with one attached hydrogen (secondary N) is 1.